The predicted octanol–water partition coefficient (Wildman–Crippen LogP) is 1.62. The van der Waals surface area contributed by atoms with Crippen molar-refractivity contribution in [2.75, 3.05) is 19.3 Å². The lowest BCUT2D eigenvalue weighted by Crippen LogP contribution is -2.44. The summed E-state index contributed by atoms with van der Waals surface area (Å²) in [5, 5.41) is 3.11. The first kappa shape index (κ1) is 16.3. The van der Waals surface area contributed by atoms with Gasteiger partial charge in [-0.05, 0) is 30.5 Å². The van der Waals surface area contributed by atoms with Crippen molar-refractivity contribution in [3.8, 4) is 0 Å². The fourth-order valence-corrected chi connectivity index (χ4v) is 3.24. The Kier molecular flexibility index (Phi) is 4.90. The van der Waals surface area contributed by atoms with E-state index in [1.54, 1.807) is 0 Å². The summed E-state index contributed by atoms with van der Waals surface area (Å²) < 4.78 is 63.1. The van der Waals surface area contributed by atoms with Crippen LogP contribution >= 0.6 is 0 Å². The van der Waals surface area contributed by atoms with Crippen molar-refractivity contribution in [3.63, 3.8) is 0 Å². The first-order chi connectivity index (χ1) is 9.77. The first-order valence-electron chi connectivity index (χ1n) is 6.59. The van der Waals surface area contributed by atoms with Crippen molar-refractivity contribution in [1.29, 1.82) is 0 Å². The van der Waals surface area contributed by atoms with Gasteiger partial charge in [0, 0.05) is 25.7 Å². The van der Waals surface area contributed by atoms with Crippen LogP contribution in [0, 0.1) is 17.5 Å². The van der Waals surface area contributed by atoms with E-state index in [-0.39, 0.29) is 12.6 Å². The van der Waals surface area contributed by atoms with Gasteiger partial charge in [-0.25, -0.2) is 25.9 Å². The molecule has 118 valence electrons. The Morgan fingerprint density at radius 2 is 1.71 bits per heavy atom. The maximum absolute atomic E-state index is 13.1. The largest absolute Gasteiger partial charge is 0.310 e. The Balaban J connectivity index is 1.88. The number of halogens is 3. The quantitative estimate of drug-likeness (QED) is 0.857. The van der Waals surface area contributed by atoms with Crippen molar-refractivity contribution in [3.05, 3.63) is 35.1 Å². The summed E-state index contributed by atoms with van der Waals surface area (Å²) >= 11 is 0. The molecule has 1 N–H and O–H groups in total. The van der Waals surface area contributed by atoms with Gasteiger partial charge >= 0.3 is 0 Å². The minimum atomic E-state index is -3.17. The van der Waals surface area contributed by atoms with Crippen LogP contribution in [-0.4, -0.2) is 38.1 Å². The molecule has 1 aliphatic rings. The average molecular weight is 322 g/mol. The van der Waals surface area contributed by atoms with Gasteiger partial charge in [-0.1, -0.05) is 0 Å². The number of hydrogen-bond acceptors (Lipinski definition) is 3. The summed E-state index contributed by atoms with van der Waals surface area (Å²) in [5.74, 6) is -3.89. The molecule has 0 bridgehead atoms. The van der Waals surface area contributed by atoms with Crippen molar-refractivity contribution in [1.82, 2.24) is 9.62 Å². The third kappa shape index (κ3) is 4.18. The summed E-state index contributed by atoms with van der Waals surface area (Å²) in [4.78, 5) is 0. The molecule has 0 atom stereocenters. The van der Waals surface area contributed by atoms with Crippen LogP contribution in [0.5, 0.6) is 0 Å². The van der Waals surface area contributed by atoms with Gasteiger partial charge in [0.05, 0.1) is 6.26 Å². The van der Waals surface area contributed by atoms with E-state index in [1.807, 2.05) is 0 Å². The summed E-state index contributed by atoms with van der Waals surface area (Å²) in [6, 6.07) is 1.98. The fraction of sp³-hybridized carbons (Fsp3) is 0.538. The molecule has 1 aromatic rings. The second kappa shape index (κ2) is 6.33. The molecule has 1 saturated heterocycles. The van der Waals surface area contributed by atoms with Crippen LogP contribution in [0.1, 0.15) is 18.4 Å². The maximum Gasteiger partial charge on any atom is 0.211 e. The van der Waals surface area contributed by atoms with Crippen LogP contribution < -0.4 is 5.32 Å². The molecule has 0 radical (unpaired) electrons. The zero-order valence-electron chi connectivity index (χ0n) is 11.6. The molecule has 1 heterocycles. The fourth-order valence-electron chi connectivity index (χ4n) is 2.36. The topological polar surface area (TPSA) is 49.4 Å². The van der Waals surface area contributed by atoms with E-state index in [0.717, 1.165) is 12.1 Å². The Bertz CT molecular complexity index is 591. The highest BCUT2D eigenvalue weighted by molar-refractivity contribution is 7.88. The highest BCUT2D eigenvalue weighted by atomic mass is 32.2. The van der Waals surface area contributed by atoms with Crippen LogP contribution in [0.2, 0.25) is 0 Å². The van der Waals surface area contributed by atoms with Crippen LogP contribution in [0.4, 0.5) is 13.2 Å². The average Bonchev–Trinajstić information content (AvgIpc) is 2.42. The van der Waals surface area contributed by atoms with Gasteiger partial charge in [0.1, 0.15) is 0 Å². The molecule has 1 aliphatic heterocycles. The van der Waals surface area contributed by atoms with Crippen LogP contribution in [0.3, 0.4) is 0 Å². The van der Waals surface area contributed by atoms with E-state index in [0.29, 0.717) is 31.5 Å². The van der Waals surface area contributed by atoms with E-state index in [9.17, 15) is 21.6 Å². The molecule has 0 aromatic heterocycles. The van der Waals surface area contributed by atoms with Crippen LogP contribution in [0.15, 0.2) is 12.1 Å². The zero-order valence-corrected chi connectivity index (χ0v) is 12.4. The molecule has 2 rings (SSSR count). The Morgan fingerprint density at radius 3 is 2.19 bits per heavy atom. The number of benzene rings is 1. The normalized spacial score (nSPS) is 18.1. The van der Waals surface area contributed by atoms with Crippen LogP contribution in [0.25, 0.3) is 0 Å². The molecule has 4 nitrogen and oxygen atoms in total. The second-order valence-electron chi connectivity index (χ2n) is 5.19. The van der Waals surface area contributed by atoms with Crippen molar-refractivity contribution in [2.45, 2.75) is 25.4 Å². The highest BCUT2D eigenvalue weighted by Crippen LogP contribution is 2.16. The summed E-state index contributed by atoms with van der Waals surface area (Å²) in [6.45, 7) is 1.04. The number of rotatable bonds is 4. The summed E-state index contributed by atoms with van der Waals surface area (Å²) in [6.07, 6.45) is 2.42. The standard InChI is InChI=1S/C13H17F3N2O2S/c1-21(19,20)18-4-2-10(3-5-18)17-8-9-6-11(14)13(16)12(15)7-9/h6-7,10,17H,2-5,8H2,1H3. The summed E-state index contributed by atoms with van der Waals surface area (Å²) in [5.41, 5.74) is 0.317. The van der Waals surface area contributed by atoms with E-state index < -0.39 is 27.5 Å². The maximum atomic E-state index is 13.1. The van der Waals surface area contributed by atoms with E-state index >= 15 is 0 Å². The molecule has 0 saturated carbocycles. The summed E-state index contributed by atoms with van der Waals surface area (Å²) in [7, 11) is -3.17. The number of nitrogens with one attached hydrogen (secondary N) is 1. The number of piperidine rings is 1. The van der Waals surface area contributed by atoms with Gasteiger partial charge in [0.25, 0.3) is 0 Å². The third-order valence-electron chi connectivity index (χ3n) is 3.56. The van der Waals surface area contributed by atoms with Gasteiger partial charge in [-0.2, -0.15) is 0 Å². The monoisotopic (exact) mass is 322 g/mol. The zero-order chi connectivity index (χ0) is 15.6. The SMILES string of the molecule is CS(=O)(=O)N1CCC(NCc2cc(F)c(F)c(F)c2)CC1. The minimum Gasteiger partial charge on any atom is -0.310 e. The molecule has 1 aromatic carbocycles. The van der Waals surface area contributed by atoms with E-state index in [4.69, 9.17) is 0 Å². The smallest absolute Gasteiger partial charge is 0.211 e. The predicted molar refractivity (Wildman–Crippen MR) is 72.6 cm³/mol. The molecular formula is C13H17F3N2O2S. The third-order valence-corrected chi connectivity index (χ3v) is 4.86. The molecule has 0 amide bonds. The first-order valence-corrected chi connectivity index (χ1v) is 8.44. The molecule has 21 heavy (non-hydrogen) atoms. The number of sulfonamides is 1. The van der Waals surface area contributed by atoms with Crippen molar-refractivity contribution in [2.24, 2.45) is 0 Å². The minimum absolute atomic E-state index is 0.0687. The molecule has 1 fully saturated rings. The van der Waals surface area contributed by atoms with Gasteiger partial charge in [0.2, 0.25) is 10.0 Å². The lowest BCUT2D eigenvalue weighted by molar-refractivity contribution is 0.289. The molecule has 0 spiro atoms. The highest BCUT2D eigenvalue weighted by Gasteiger charge is 2.24. The van der Waals surface area contributed by atoms with E-state index in [2.05, 4.69) is 5.32 Å². The van der Waals surface area contributed by atoms with Crippen molar-refractivity contribution >= 4 is 10.0 Å². The molecule has 8 heteroatoms. The molecular weight excluding hydrogens is 305 g/mol. The van der Waals surface area contributed by atoms with Crippen molar-refractivity contribution < 1.29 is 21.6 Å². The lowest BCUT2D eigenvalue weighted by atomic mass is 10.1. The van der Waals surface area contributed by atoms with Crippen LogP contribution in [-0.2, 0) is 16.6 Å². The van der Waals surface area contributed by atoms with Gasteiger partial charge < -0.3 is 5.32 Å². The lowest BCUT2D eigenvalue weighted by Gasteiger charge is -2.30. The van der Waals surface area contributed by atoms with E-state index in [1.165, 1.54) is 10.6 Å². The van der Waals surface area contributed by atoms with Gasteiger partial charge in [-0.3, -0.25) is 0 Å². The molecule has 0 aliphatic carbocycles. The van der Waals surface area contributed by atoms with Gasteiger partial charge in [0.15, 0.2) is 17.5 Å². The molecule has 0 unspecified atom stereocenters. The second-order valence-corrected chi connectivity index (χ2v) is 7.17. The number of nitrogens with zero attached hydrogens (tertiary/aromatic N) is 1. The number of hydrogen-bond donors (Lipinski definition) is 1. The van der Waals surface area contributed by atoms with Gasteiger partial charge in [-0.15, -0.1) is 0 Å². The Labute approximate surface area is 122 Å². The Morgan fingerprint density at radius 1 is 1.19 bits per heavy atom. The Hall–Kier alpha value is -1.12.